The third kappa shape index (κ3) is 3.90. The van der Waals surface area contributed by atoms with Crippen LogP contribution in [0.1, 0.15) is 19.0 Å². The van der Waals surface area contributed by atoms with Crippen LogP contribution < -0.4 is 10.1 Å². The minimum absolute atomic E-state index is 0.326. The summed E-state index contributed by atoms with van der Waals surface area (Å²) >= 11 is 3.26. The molecule has 0 spiro atoms. The van der Waals surface area contributed by atoms with Crippen LogP contribution in [0.15, 0.2) is 28.7 Å². The fourth-order valence-electron chi connectivity index (χ4n) is 1.58. The summed E-state index contributed by atoms with van der Waals surface area (Å²) in [7, 11) is 0. The van der Waals surface area contributed by atoms with Crippen LogP contribution in [0, 0.1) is 12.7 Å². The number of nitrogens with one attached hydrogen (secondary N) is 1. The number of aryl methyl sites for hydroxylation is 1. The van der Waals surface area contributed by atoms with Crippen molar-refractivity contribution in [1.82, 2.24) is 9.97 Å². The monoisotopic (exact) mass is 339 g/mol. The molecule has 1 aromatic carbocycles. The lowest BCUT2D eigenvalue weighted by Gasteiger charge is -2.09. The third-order valence-electron chi connectivity index (χ3n) is 2.47. The summed E-state index contributed by atoms with van der Waals surface area (Å²) in [5.74, 6) is 1.13. The van der Waals surface area contributed by atoms with Crippen LogP contribution in [0.25, 0.3) is 0 Å². The van der Waals surface area contributed by atoms with E-state index in [2.05, 4.69) is 38.1 Å². The minimum Gasteiger partial charge on any atom is -0.438 e. The topological polar surface area (TPSA) is 47.0 Å². The fourth-order valence-corrected chi connectivity index (χ4v) is 2.01. The molecule has 20 heavy (non-hydrogen) atoms. The predicted molar refractivity (Wildman–Crippen MR) is 79.7 cm³/mol. The number of nitrogens with zero attached hydrogens (tertiary/aromatic N) is 2. The van der Waals surface area contributed by atoms with E-state index in [1.807, 2.05) is 6.92 Å². The van der Waals surface area contributed by atoms with Crippen molar-refractivity contribution >= 4 is 21.9 Å². The Kier molecular flexibility index (Phi) is 4.89. The van der Waals surface area contributed by atoms with E-state index in [1.54, 1.807) is 12.1 Å². The van der Waals surface area contributed by atoms with Gasteiger partial charge in [-0.2, -0.15) is 4.98 Å². The molecule has 0 fully saturated rings. The molecule has 0 saturated heterocycles. The van der Waals surface area contributed by atoms with Crippen LogP contribution in [0.4, 0.5) is 10.3 Å². The van der Waals surface area contributed by atoms with Crippen molar-refractivity contribution in [2.75, 3.05) is 11.9 Å². The Labute approximate surface area is 125 Å². The molecular formula is C14H15BrFN3O. The summed E-state index contributed by atoms with van der Waals surface area (Å²) in [5.41, 5.74) is 0.798. The summed E-state index contributed by atoms with van der Waals surface area (Å²) in [6.45, 7) is 4.73. The average molecular weight is 340 g/mol. The quantitative estimate of drug-likeness (QED) is 0.882. The van der Waals surface area contributed by atoms with Crippen molar-refractivity contribution in [3.8, 4) is 11.6 Å². The van der Waals surface area contributed by atoms with Gasteiger partial charge in [0, 0.05) is 18.3 Å². The Hall–Kier alpha value is -1.69. The Bertz CT molecular complexity index is 607. The van der Waals surface area contributed by atoms with Crippen LogP contribution in [0.5, 0.6) is 11.6 Å². The van der Waals surface area contributed by atoms with Gasteiger partial charge in [-0.1, -0.05) is 6.92 Å². The number of hydrogen-bond donors (Lipinski definition) is 1. The van der Waals surface area contributed by atoms with Crippen LogP contribution in [0.2, 0.25) is 0 Å². The van der Waals surface area contributed by atoms with Crippen LogP contribution >= 0.6 is 15.9 Å². The maximum Gasteiger partial charge on any atom is 0.226 e. The van der Waals surface area contributed by atoms with Gasteiger partial charge >= 0.3 is 0 Å². The average Bonchev–Trinajstić information content (AvgIpc) is 2.39. The van der Waals surface area contributed by atoms with Gasteiger partial charge in [-0.15, -0.1) is 0 Å². The molecule has 0 amide bonds. The molecule has 0 unspecified atom stereocenters. The van der Waals surface area contributed by atoms with Crippen molar-refractivity contribution in [2.24, 2.45) is 0 Å². The molecule has 4 nitrogen and oxygen atoms in total. The summed E-state index contributed by atoms with van der Waals surface area (Å²) < 4.78 is 19.2. The van der Waals surface area contributed by atoms with Crippen molar-refractivity contribution in [2.45, 2.75) is 20.3 Å². The molecule has 0 bridgehead atoms. The first-order valence-corrected chi connectivity index (χ1v) is 7.10. The Morgan fingerprint density at radius 1 is 1.30 bits per heavy atom. The van der Waals surface area contributed by atoms with E-state index >= 15 is 0 Å². The Balaban J connectivity index is 2.21. The smallest absolute Gasteiger partial charge is 0.226 e. The van der Waals surface area contributed by atoms with E-state index in [4.69, 9.17) is 4.74 Å². The van der Waals surface area contributed by atoms with Crippen molar-refractivity contribution in [3.05, 3.63) is 40.2 Å². The van der Waals surface area contributed by atoms with Crippen molar-refractivity contribution in [3.63, 3.8) is 0 Å². The Morgan fingerprint density at radius 2 is 2.10 bits per heavy atom. The SMILES string of the molecule is CCCNc1nc(C)cc(Oc2ccc(F)cc2Br)n1. The second-order valence-electron chi connectivity index (χ2n) is 4.27. The van der Waals surface area contributed by atoms with Gasteiger partial charge in [-0.25, -0.2) is 9.37 Å². The first-order valence-electron chi connectivity index (χ1n) is 6.31. The fraction of sp³-hybridized carbons (Fsp3) is 0.286. The highest BCUT2D eigenvalue weighted by molar-refractivity contribution is 9.10. The van der Waals surface area contributed by atoms with Crippen molar-refractivity contribution in [1.29, 1.82) is 0 Å². The van der Waals surface area contributed by atoms with Gasteiger partial charge in [0.1, 0.15) is 11.6 Å². The van der Waals surface area contributed by atoms with Gasteiger partial charge in [0.25, 0.3) is 0 Å². The maximum atomic E-state index is 13.0. The number of halogens is 2. The van der Waals surface area contributed by atoms with Gasteiger partial charge in [-0.3, -0.25) is 0 Å². The van der Waals surface area contributed by atoms with Crippen LogP contribution in [0.3, 0.4) is 0 Å². The Morgan fingerprint density at radius 3 is 2.80 bits per heavy atom. The number of rotatable bonds is 5. The second kappa shape index (κ2) is 6.65. The van der Waals surface area contributed by atoms with Gasteiger partial charge < -0.3 is 10.1 Å². The third-order valence-corrected chi connectivity index (χ3v) is 3.09. The molecule has 106 valence electrons. The molecular weight excluding hydrogens is 325 g/mol. The highest BCUT2D eigenvalue weighted by Gasteiger charge is 2.07. The minimum atomic E-state index is -0.326. The molecule has 1 N–H and O–H groups in total. The highest BCUT2D eigenvalue weighted by atomic mass is 79.9. The molecule has 6 heteroatoms. The summed E-state index contributed by atoms with van der Waals surface area (Å²) in [6, 6.07) is 5.97. The molecule has 0 saturated carbocycles. The van der Waals surface area contributed by atoms with E-state index in [-0.39, 0.29) is 5.82 Å². The van der Waals surface area contributed by atoms with E-state index < -0.39 is 0 Å². The first kappa shape index (κ1) is 14.7. The maximum absolute atomic E-state index is 13.0. The normalized spacial score (nSPS) is 10.4. The summed E-state index contributed by atoms with van der Waals surface area (Å²) in [4.78, 5) is 8.55. The number of aromatic nitrogens is 2. The molecule has 0 aliphatic carbocycles. The number of hydrogen-bond acceptors (Lipinski definition) is 4. The number of ether oxygens (including phenoxy) is 1. The van der Waals surface area contributed by atoms with E-state index in [0.717, 1.165) is 18.7 Å². The predicted octanol–water partition coefficient (Wildman–Crippen LogP) is 4.30. The van der Waals surface area contributed by atoms with Gasteiger partial charge in [0.15, 0.2) is 0 Å². The summed E-state index contributed by atoms with van der Waals surface area (Å²) in [5, 5.41) is 3.11. The van der Waals surface area contributed by atoms with Gasteiger partial charge in [0.2, 0.25) is 11.8 Å². The van der Waals surface area contributed by atoms with E-state index in [0.29, 0.717) is 22.1 Å². The zero-order valence-corrected chi connectivity index (χ0v) is 12.9. The van der Waals surface area contributed by atoms with E-state index in [1.165, 1.54) is 12.1 Å². The lowest BCUT2D eigenvalue weighted by Crippen LogP contribution is -2.05. The second-order valence-corrected chi connectivity index (χ2v) is 5.13. The van der Waals surface area contributed by atoms with E-state index in [9.17, 15) is 4.39 Å². The molecule has 0 radical (unpaired) electrons. The number of benzene rings is 1. The lowest BCUT2D eigenvalue weighted by atomic mass is 10.3. The highest BCUT2D eigenvalue weighted by Crippen LogP contribution is 2.29. The van der Waals surface area contributed by atoms with Gasteiger partial charge in [0.05, 0.1) is 4.47 Å². The molecule has 2 rings (SSSR count). The van der Waals surface area contributed by atoms with Gasteiger partial charge in [-0.05, 0) is 47.5 Å². The standard InChI is InChI=1S/C14H15BrFN3O/c1-3-6-17-14-18-9(2)7-13(19-14)20-12-5-4-10(16)8-11(12)15/h4-5,7-8H,3,6H2,1-2H3,(H,17,18,19). The van der Waals surface area contributed by atoms with Crippen molar-refractivity contribution < 1.29 is 9.13 Å². The molecule has 0 atom stereocenters. The largest absolute Gasteiger partial charge is 0.438 e. The molecule has 2 aromatic rings. The molecule has 0 aliphatic rings. The zero-order chi connectivity index (χ0) is 14.5. The zero-order valence-electron chi connectivity index (χ0n) is 11.3. The lowest BCUT2D eigenvalue weighted by molar-refractivity contribution is 0.457. The number of anilines is 1. The molecule has 1 aromatic heterocycles. The van der Waals surface area contributed by atoms with Crippen LogP contribution in [-0.4, -0.2) is 16.5 Å². The summed E-state index contributed by atoms with van der Waals surface area (Å²) in [6.07, 6.45) is 0.983. The molecule has 1 heterocycles. The molecule has 0 aliphatic heterocycles. The van der Waals surface area contributed by atoms with Crippen LogP contribution in [-0.2, 0) is 0 Å². The first-order chi connectivity index (χ1) is 9.58.